The zero-order chi connectivity index (χ0) is 19.8. The van der Waals surface area contributed by atoms with Crippen LogP contribution in [0.3, 0.4) is 0 Å². The highest BCUT2D eigenvalue weighted by atomic mass is 16.2. The number of carbonyl (C=O) groups is 1. The van der Waals surface area contributed by atoms with Gasteiger partial charge in [-0.05, 0) is 31.0 Å². The van der Waals surface area contributed by atoms with Gasteiger partial charge < -0.3 is 9.47 Å². The quantitative estimate of drug-likeness (QED) is 0.699. The Balaban J connectivity index is 1.74. The summed E-state index contributed by atoms with van der Waals surface area (Å²) in [5.74, 6) is 1.88. The van der Waals surface area contributed by atoms with Crippen LogP contribution in [0.25, 0.3) is 11.4 Å². The fraction of sp³-hybridized carbons (Fsp3) is 0.429. The van der Waals surface area contributed by atoms with Gasteiger partial charge in [0, 0.05) is 43.4 Å². The maximum absolute atomic E-state index is 13.4. The van der Waals surface area contributed by atoms with E-state index in [9.17, 15) is 4.79 Å². The van der Waals surface area contributed by atoms with Crippen molar-refractivity contribution in [1.82, 2.24) is 29.2 Å². The van der Waals surface area contributed by atoms with Gasteiger partial charge in [0.15, 0.2) is 11.6 Å². The fourth-order valence-electron chi connectivity index (χ4n) is 3.84. The average Bonchev–Trinajstić information content (AvgIpc) is 3.30. The Kier molecular flexibility index (Phi) is 4.75. The van der Waals surface area contributed by atoms with Crippen molar-refractivity contribution in [3.63, 3.8) is 0 Å². The van der Waals surface area contributed by atoms with Gasteiger partial charge in [-0.15, -0.1) is 0 Å². The van der Waals surface area contributed by atoms with E-state index in [1.807, 2.05) is 52.5 Å². The molecular formula is C21H26N6O. The molecule has 4 heterocycles. The van der Waals surface area contributed by atoms with Crippen molar-refractivity contribution in [3.8, 4) is 11.4 Å². The summed E-state index contributed by atoms with van der Waals surface area (Å²) in [4.78, 5) is 24.4. The van der Waals surface area contributed by atoms with Gasteiger partial charge in [-0.2, -0.15) is 5.10 Å². The molecule has 0 bridgehead atoms. The molecule has 4 rings (SSSR count). The van der Waals surface area contributed by atoms with Gasteiger partial charge in [0.2, 0.25) is 0 Å². The minimum Gasteiger partial charge on any atom is -0.354 e. The summed E-state index contributed by atoms with van der Waals surface area (Å²) < 4.78 is 3.94. The average molecular weight is 378 g/mol. The summed E-state index contributed by atoms with van der Waals surface area (Å²) in [6.45, 7) is 7.59. The SMILES string of the molecule is CC[C@H](C)[C@H]1c2nc(-c3cccnc3)nn2CCN1C(=O)c1ccn(C)c1C. The molecule has 146 valence electrons. The first kappa shape index (κ1) is 18.4. The van der Waals surface area contributed by atoms with Crippen molar-refractivity contribution >= 4 is 5.91 Å². The third-order valence-electron chi connectivity index (χ3n) is 5.83. The first-order valence-electron chi connectivity index (χ1n) is 9.79. The Morgan fingerprint density at radius 2 is 2.14 bits per heavy atom. The highest BCUT2D eigenvalue weighted by Crippen LogP contribution is 2.35. The van der Waals surface area contributed by atoms with E-state index in [1.165, 1.54) is 0 Å². The molecule has 1 amide bonds. The molecule has 0 saturated heterocycles. The molecule has 1 aliphatic rings. The maximum Gasteiger partial charge on any atom is 0.256 e. The van der Waals surface area contributed by atoms with Gasteiger partial charge in [0.1, 0.15) is 0 Å². The number of pyridine rings is 1. The Morgan fingerprint density at radius 1 is 1.32 bits per heavy atom. The maximum atomic E-state index is 13.4. The number of nitrogens with zero attached hydrogens (tertiary/aromatic N) is 6. The lowest BCUT2D eigenvalue weighted by molar-refractivity contribution is 0.0517. The van der Waals surface area contributed by atoms with E-state index in [0.717, 1.165) is 29.1 Å². The number of hydrogen-bond donors (Lipinski definition) is 0. The Labute approximate surface area is 165 Å². The van der Waals surface area contributed by atoms with Crippen molar-refractivity contribution < 1.29 is 4.79 Å². The van der Waals surface area contributed by atoms with Crippen LogP contribution in [0.2, 0.25) is 0 Å². The normalized spacial score (nSPS) is 17.4. The van der Waals surface area contributed by atoms with Crippen molar-refractivity contribution in [3.05, 3.63) is 53.9 Å². The number of amides is 1. The standard InChI is InChI=1S/C21H26N6O/c1-5-14(2)18-20-23-19(16-7-6-9-22-13-16)24-27(20)12-11-26(18)21(28)17-8-10-25(4)15(17)3/h6-10,13-14,18H,5,11-12H2,1-4H3/t14-,18-/m0/s1. The summed E-state index contributed by atoms with van der Waals surface area (Å²) >= 11 is 0. The third-order valence-corrected chi connectivity index (χ3v) is 5.83. The van der Waals surface area contributed by atoms with Crippen LogP contribution in [0.5, 0.6) is 0 Å². The molecule has 3 aromatic heterocycles. The van der Waals surface area contributed by atoms with Crippen molar-refractivity contribution in [2.24, 2.45) is 13.0 Å². The molecule has 0 unspecified atom stereocenters. The highest BCUT2D eigenvalue weighted by Gasteiger charge is 2.37. The molecular weight excluding hydrogens is 352 g/mol. The van der Waals surface area contributed by atoms with E-state index in [4.69, 9.17) is 10.1 Å². The number of hydrogen-bond acceptors (Lipinski definition) is 4. The number of fused-ring (bicyclic) bond motifs is 1. The molecule has 0 radical (unpaired) electrons. The van der Waals surface area contributed by atoms with Gasteiger partial charge in [-0.25, -0.2) is 9.67 Å². The predicted octanol–water partition coefficient (Wildman–Crippen LogP) is 3.23. The van der Waals surface area contributed by atoms with E-state index < -0.39 is 0 Å². The van der Waals surface area contributed by atoms with E-state index >= 15 is 0 Å². The molecule has 0 spiro atoms. The number of carbonyl (C=O) groups excluding carboxylic acids is 1. The first-order valence-corrected chi connectivity index (χ1v) is 9.79. The highest BCUT2D eigenvalue weighted by molar-refractivity contribution is 5.95. The lowest BCUT2D eigenvalue weighted by atomic mass is 9.94. The van der Waals surface area contributed by atoms with E-state index in [-0.39, 0.29) is 17.9 Å². The van der Waals surface area contributed by atoms with Gasteiger partial charge in [-0.1, -0.05) is 20.3 Å². The lowest BCUT2D eigenvalue weighted by Crippen LogP contribution is -2.45. The summed E-state index contributed by atoms with van der Waals surface area (Å²) in [6, 6.07) is 5.66. The second-order valence-corrected chi connectivity index (χ2v) is 7.51. The Hall–Kier alpha value is -2.96. The summed E-state index contributed by atoms with van der Waals surface area (Å²) in [5, 5.41) is 4.70. The van der Waals surface area contributed by atoms with Gasteiger partial charge >= 0.3 is 0 Å². The second kappa shape index (κ2) is 7.22. The smallest absolute Gasteiger partial charge is 0.256 e. The predicted molar refractivity (Wildman–Crippen MR) is 107 cm³/mol. The number of aryl methyl sites for hydroxylation is 1. The topological polar surface area (TPSA) is 68.8 Å². The van der Waals surface area contributed by atoms with Crippen LogP contribution in [0.4, 0.5) is 0 Å². The van der Waals surface area contributed by atoms with E-state index in [2.05, 4.69) is 18.8 Å². The molecule has 0 aliphatic carbocycles. The van der Waals surface area contributed by atoms with Gasteiger partial charge in [0.05, 0.1) is 18.2 Å². The molecule has 0 aromatic carbocycles. The van der Waals surface area contributed by atoms with Crippen molar-refractivity contribution in [2.45, 2.75) is 39.8 Å². The van der Waals surface area contributed by atoms with Crippen LogP contribution < -0.4 is 0 Å². The monoisotopic (exact) mass is 378 g/mol. The summed E-state index contributed by atoms with van der Waals surface area (Å²) in [6.07, 6.45) is 6.41. The molecule has 0 saturated carbocycles. The zero-order valence-corrected chi connectivity index (χ0v) is 16.8. The number of aromatic nitrogens is 5. The van der Waals surface area contributed by atoms with Gasteiger partial charge in [-0.3, -0.25) is 9.78 Å². The van der Waals surface area contributed by atoms with E-state index in [1.54, 1.807) is 12.4 Å². The zero-order valence-electron chi connectivity index (χ0n) is 16.8. The molecule has 3 aromatic rings. The summed E-state index contributed by atoms with van der Waals surface area (Å²) in [5.41, 5.74) is 2.64. The summed E-state index contributed by atoms with van der Waals surface area (Å²) in [7, 11) is 1.96. The molecule has 2 atom stereocenters. The molecule has 7 nitrogen and oxygen atoms in total. The number of rotatable bonds is 4. The Morgan fingerprint density at radius 3 is 2.79 bits per heavy atom. The van der Waals surface area contributed by atoms with Crippen LogP contribution >= 0.6 is 0 Å². The first-order chi connectivity index (χ1) is 13.5. The van der Waals surface area contributed by atoms with Crippen LogP contribution in [0.15, 0.2) is 36.8 Å². The van der Waals surface area contributed by atoms with Crippen molar-refractivity contribution in [2.75, 3.05) is 6.54 Å². The van der Waals surface area contributed by atoms with Crippen LogP contribution in [-0.2, 0) is 13.6 Å². The van der Waals surface area contributed by atoms with Crippen LogP contribution in [0.1, 0.15) is 48.2 Å². The fourth-order valence-corrected chi connectivity index (χ4v) is 3.84. The van der Waals surface area contributed by atoms with E-state index in [0.29, 0.717) is 18.9 Å². The molecule has 0 N–H and O–H groups in total. The minimum atomic E-state index is -0.0937. The second-order valence-electron chi connectivity index (χ2n) is 7.51. The van der Waals surface area contributed by atoms with Crippen molar-refractivity contribution in [1.29, 1.82) is 0 Å². The molecule has 1 aliphatic heterocycles. The lowest BCUT2D eigenvalue weighted by Gasteiger charge is -2.38. The minimum absolute atomic E-state index is 0.0700. The molecule has 7 heteroatoms. The molecule has 0 fully saturated rings. The van der Waals surface area contributed by atoms with Crippen LogP contribution in [0, 0.1) is 12.8 Å². The van der Waals surface area contributed by atoms with Gasteiger partial charge in [0.25, 0.3) is 5.91 Å². The molecule has 28 heavy (non-hydrogen) atoms. The largest absolute Gasteiger partial charge is 0.354 e. The Bertz CT molecular complexity index is 990. The van der Waals surface area contributed by atoms with Crippen LogP contribution in [-0.4, -0.2) is 41.7 Å². The third kappa shape index (κ3) is 3.00.